The largest absolute Gasteiger partial charge is 0.494 e. The Balaban J connectivity index is 0.00000235. The normalized spacial score (nSPS) is 18.6. The van der Waals surface area contributed by atoms with E-state index >= 15 is 0 Å². The molecule has 1 aromatic carbocycles. The molecule has 11 nitrogen and oxygen atoms in total. The Hall–Kier alpha value is -2.57. The van der Waals surface area contributed by atoms with Gasteiger partial charge in [-0.15, -0.1) is 4.91 Å². The third kappa shape index (κ3) is 8.21. The standard InChI is InChI=1S/C24H35N3O8.C2H6/c1-17-13-21-24(35-12-11-34-10-9-33-8-7-32-6-5-30-3)26(2)20-15-19(25-29)22(31-4)14-18(20)23(28)27(21)16-17;1-2/h14-15,21,24H,1,5-13,16H2,2-4H3;1-2H3. The van der Waals surface area contributed by atoms with Crippen LogP contribution >= 0.6 is 0 Å². The first-order valence-corrected chi connectivity index (χ1v) is 12.6. The molecule has 0 aromatic heterocycles. The van der Waals surface area contributed by atoms with Gasteiger partial charge in [-0.05, 0) is 23.7 Å². The minimum absolute atomic E-state index is 0.128. The van der Waals surface area contributed by atoms with Crippen LogP contribution in [0.25, 0.3) is 0 Å². The highest BCUT2D eigenvalue weighted by molar-refractivity contribution is 6.02. The second-order valence-electron chi connectivity index (χ2n) is 8.29. The molecular formula is C26H41N3O8. The number of hydrogen-bond donors (Lipinski definition) is 0. The van der Waals surface area contributed by atoms with Gasteiger partial charge in [0.2, 0.25) is 0 Å². The van der Waals surface area contributed by atoms with E-state index in [1.807, 2.05) is 25.8 Å². The molecular weight excluding hydrogens is 482 g/mol. The van der Waals surface area contributed by atoms with E-state index in [1.54, 1.807) is 24.1 Å². The first-order chi connectivity index (χ1) is 18.0. The third-order valence-electron chi connectivity index (χ3n) is 5.96. The van der Waals surface area contributed by atoms with Crippen molar-refractivity contribution >= 4 is 17.3 Å². The van der Waals surface area contributed by atoms with E-state index < -0.39 is 6.23 Å². The van der Waals surface area contributed by atoms with Gasteiger partial charge in [0.05, 0.1) is 77.3 Å². The summed E-state index contributed by atoms with van der Waals surface area (Å²) in [6.07, 6.45) is 0.183. The summed E-state index contributed by atoms with van der Waals surface area (Å²) in [7, 11) is 4.91. The van der Waals surface area contributed by atoms with Gasteiger partial charge >= 0.3 is 0 Å². The maximum Gasteiger partial charge on any atom is 0.256 e. The molecule has 0 N–H and O–H groups in total. The van der Waals surface area contributed by atoms with Gasteiger partial charge in [0.25, 0.3) is 5.91 Å². The van der Waals surface area contributed by atoms with Crippen LogP contribution in [0.4, 0.5) is 11.4 Å². The molecule has 1 saturated heterocycles. The fourth-order valence-corrected chi connectivity index (χ4v) is 4.25. The van der Waals surface area contributed by atoms with Crippen molar-refractivity contribution in [3.8, 4) is 5.75 Å². The van der Waals surface area contributed by atoms with Crippen molar-refractivity contribution in [1.82, 2.24) is 4.90 Å². The Labute approximate surface area is 219 Å². The summed E-state index contributed by atoms with van der Waals surface area (Å²) >= 11 is 0. The van der Waals surface area contributed by atoms with Crippen LogP contribution in [0.1, 0.15) is 30.6 Å². The van der Waals surface area contributed by atoms with Crippen LogP contribution in [0.15, 0.2) is 29.5 Å². The smallest absolute Gasteiger partial charge is 0.256 e. The molecule has 0 bridgehead atoms. The Bertz CT molecular complexity index is 882. The predicted octanol–water partition coefficient (Wildman–Crippen LogP) is 3.38. The van der Waals surface area contributed by atoms with Gasteiger partial charge in [0.1, 0.15) is 5.75 Å². The summed E-state index contributed by atoms with van der Waals surface area (Å²) < 4.78 is 32.8. The number of methoxy groups -OCH3 is 2. The molecule has 0 aliphatic carbocycles. The summed E-state index contributed by atoms with van der Waals surface area (Å²) in [6.45, 7) is 12.2. The number of likely N-dealkylation sites (N-methyl/N-ethyl adjacent to an activating group) is 1. The molecule has 2 aliphatic heterocycles. The second-order valence-corrected chi connectivity index (χ2v) is 8.29. The molecule has 0 saturated carbocycles. The molecule has 2 unspecified atom stereocenters. The SMILES string of the molecule is C=C1CC2C(OCCOCCOCCOCCOC)N(C)c3cc(N=O)c(OC)cc3C(=O)N2C1.CC. The van der Waals surface area contributed by atoms with Crippen molar-refractivity contribution in [1.29, 1.82) is 0 Å². The van der Waals surface area contributed by atoms with Crippen LogP contribution < -0.4 is 9.64 Å². The lowest BCUT2D eigenvalue weighted by atomic mass is 10.1. The van der Waals surface area contributed by atoms with E-state index in [2.05, 4.69) is 11.8 Å². The molecule has 3 rings (SSSR count). The highest BCUT2D eigenvalue weighted by Crippen LogP contribution is 2.41. The van der Waals surface area contributed by atoms with Gasteiger partial charge in [-0.1, -0.05) is 26.0 Å². The number of carbonyl (C=O) groups excluding carboxylic acids is 1. The van der Waals surface area contributed by atoms with Crippen LogP contribution in [-0.2, 0) is 23.7 Å². The number of anilines is 1. The number of ether oxygens (including phenoxy) is 6. The molecule has 2 heterocycles. The third-order valence-corrected chi connectivity index (χ3v) is 5.96. The average Bonchev–Trinajstić information content (AvgIpc) is 3.29. The van der Waals surface area contributed by atoms with Crippen LogP contribution in [0.5, 0.6) is 5.75 Å². The minimum Gasteiger partial charge on any atom is -0.494 e. The molecule has 0 spiro atoms. The Kier molecular flexibility index (Phi) is 13.5. The van der Waals surface area contributed by atoms with Gasteiger partial charge in [0.15, 0.2) is 11.9 Å². The van der Waals surface area contributed by atoms with Crippen LogP contribution in [0.3, 0.4) is 0 Å². The molecule has 208 valence electrons. The van der Waals surface area contributed by atoms with Crippen molar-refractivity contribution in [2.24, 2.45) is 5.18 Å². The molecule has 1 aromatic rings. The van der Waals surface area contributed by atoms with E-state index in [4.69, 9.17) is 28.4 Å². The lowest BCUT2D eigenvalue weighted by Gasteiger charge is -2.34. The molecule has 2 aliphatic rings. The summed E-state index contributed by atoms with van der Waals surface area (Å²) in [5, 5.41) is 3.06. The minimum atomic E-state index is -0.448. The monoisotopic (exact) mass is 523 g/mol. The zero-order chi connectivity index (χ0) is 27.2. The van der Waals surface area contributed by atoms with E-state index in [-0.39, 0.29) is 23.4 Å². The first-order valence-electron chi connectivity index (χ1n) is 12.6. The number of rotatable bonds is 15. The summed E-state index contributed by atoms with van der Waals surface area (Å²) in [5.41, 5.74) is 2.09. The number of nitroso groups, excluding NO2 is 1. The Morgan fingerprint density at radius 3 is 2.14 bits per heavy atom. The molecule has 0 radical (unpaired) electrons. The summed E-state index contributed by atoms with van der Waals surface area (Å²) in [6, 6.07) is 2.92. The maximum absolute atomic E-state index is 13.4. The van der Waals surface area contributed by atoms with E-state index in [0.717, 1.165) is 5.57 Å². The highest BCUT2D eigenvalue weighted by Gasteiger charge is 2.44. The highest BCUT2D eigenvalue weighted by atomic mass is 16.6. The molecule has 2 atom stereocenters. The number of fused-ring (bicyclic) bond motifs is 2. The maximum atomic E-state index is 13.4. The van der Waals surface area contributed by atoms with Crippen LogP contribution in [-0.4, -0.2) is 104 Å². The lowest BCUT2D eigenvalue weighted by Crippen LogP contribution is -2.49. The van der Waals surface area contributed by atoms with Gasteiger partial charge in [0, 0.05) is 20.7 Å². The summed E-state index contributed by atoms with van der Waals surface area (Å²) in [5.74, 6) is 0.101. The zero-order valence-electron chi connectivity index (χ0n) is 22.7. The second kappa shape index (κ2) is 16.3. The van der Waals surface area contributed by atoms with Crippen molar-refractivity contribution in [2.45, 2.75) is 32.5 Å². The molecule has 11 heteroatoms. The number of carbonyl (C=O) groups is 1. The molecule has 1 amide bonds. The quantitative estimate of drug-likeness (QED) is 0.194. The zero-order valence-corrected chi connectivity index (χ0v) is 22.7. The first kappa shape index (κ1) is 30.7. The van der Waals surface area contributed by atoms with E-state index in [1.165, 1.54) is 7.11 Å². The van der Waals surface area contributed by atoms with Crippen LogP contribution in [0.2, 0.25) is 0 Å². The Morgan fingerprint density at radius 1 is 0.973 bits per heavy atom. The average molecular weight is 524 g/mol. The summed E-state index contributed by atoms with van der Waals surface area (Å²) in [4.78, 5) is 28.4. The van der Waals surface area contributed by atoms with Gasteiger partial charge in [-0.2, -0.15) is 0 Å². The van der Waals surface area contributed by atoms with Crippen molar-refractivity contribution in [2.75, 3.05) is 85.6 Å². The topological polar surface area (TPSA) is 108 Å². The predicted molar refractivity (Wildman–Crippen MR) is 141 cm³/mol. The number of nitrogens with zero attached hydrogens (tertiary/aromatic N) is 3. The van der Waals surface area contributed by atoms with Gasteiger partial charge < -0.3 is 38.2 Å². The fourth-order valence-electron chi connectivity index (χ4n) is 4.25. The van der Waals surface area contributed by atoms with E-state index in [9.17, 15) is 9.70 Å². The van der Waals surface area contributed by atoms with Gasteiger partial charge in [-0.3, -0.25) is 4.79 Å². The van der Waals surface area contributed by atoms with E-state index in [0.29, 0.717) is 77.1 Å². The lowest BCUT2D eigenvalue weighted by molar-refractivity contribution is -0.0362. The number of hydrogen-bond acceptors (Lipinski definition) is 10. The van der Waals surface area contributed by atoms with Gasteiger partial charge in [-0.25, -0.2) is 0 Å². The Morgan fingerprint density at radius 2 is 1.57 bits per heavy atom. The molecule has 1 fully saturated rings. The van der Waals surface area contributed by atoms with Crippen LogP contribution in [0, 0.1) is 4.91 Å². The molecule has 37 heavy (non-hydrogen) atoms. The van der Waals surface area contributed by atoms with Crippen molar-refractivity contribution in [3.05, 3.63) is 34.8 Å². The number of amides is 1. The van der Waals surface area contributed by atoms with Crippen molar-refractivity contribution in [3.63, 3.8) is 0 Å². The fraction of sp³-hybridized carbons (Fsp3) is 0.654. The number of benzene rings is 1. The van der Waals surface area contributed by atoms with Crippen molar-refractivity contribution < 1.29 is 33.2 Å².